The second kappa shape index (κ2) is 7.49. The smallest absolute Gasteiger partial charge is 0.163 e. The summed E-state index contributed by atoms with van der Waals surface area (Å²) >= 11 is 7.48. The molecule has 0 saturated heterocycles. The van der Waals surface area contributed by atoms with Crippen LogP contribution >= 0.6 is 22.9 Å². The Balaban J connectivity index is 1.90. The molecule has 0 fully saturated rings. The van der Waals surface area contributed by atoms with Gasteiger partial charge in [-0.1, -0.05) is 54.6 Å². The van der Waals surface area contributed by atoms with Crippen LogP contribution in [-0.2, 0) is 0 Å². The lowest BCUT2D eigenvalue weighted by molar-refractivity contribution is 0.0989. The van der Waals surface area contributed by atoms with E-state index in [2.05, 4.69) is 11.8 Å². The molecule has 118 valence electrons. The molecule has 0 N–H and O–H groups in total. The summed E-state index contributed by atoms with van der Waals surface area (Å²) in [6.07, 6.45) is 0.506. The average molecular weight is 351 g/mol. The minimum atomic E-state index is 0.160. The Bertz CT molecular complexity index is 926. The van der Waals surface area contributed by atoms with Crippen LogP contribution in [-0.4, -0.2) is 5.78 Å². The van der Waals surface area contributed by atoms with Crippen LogP contribution in [0, 0.1) is 11.8 Å². The van der Waals surface area contributed by atoms with Gasteiger partial charge < -0.3 is 0 Å². The van der Waals surface area contributed by atoms with E-state index in [4.69, 9.17) is 11.6 Å². The Hall–Kier alpha value is -2.34. The topological polar surface area (TPSA) is 17.1 Å². The molecule has 0 spiro atoms. The van der Waals surface area contributed by atoms with E-state index in [1.807, 2.05) is 67.6 Å². The largest absolute Gasteiger partial charge is 0.294 e. The van der Waals surface area contributed by atoms with E-state index in [1.165, 1.54) is 0 Å². The van der Waals surface area contributed by atoms with Crippen molar-refractivity contribution in [2.75, 3.05) is 0 Å². The lowest BCUT2D eigenvalue weighted by Gasteiger charge is -2.05. The summed E-state index contributed by atoms with van der Waals surface area (Å²) in [5.74, 6) is 6.47. The second-order valence-corrected chi connectivity index (χ2v) is 6.76. The summed E-state index contributed by atoms with van der Waals surface area (Å²) in [6, 6.07) is 19.2. The highest BCUT2D eigenvalue weighted by atomic mass is 35.5. The van der Waals surface area contributed by atoms with Gasteiger partial charge in [-0.2, -0.15) is 0 Å². The monoisotopic (exact) mass is 350 g/mol. The second-order valence-electron chi connectivity index (χ2n) is 5.24. The summed E-state index contributed by atoms with van der Waals surface area (Å²) < 4.78 is 0. The van der Waals surface area contributed by atoms with Crippen molar-refractivity contribution in [2.24, 2.45) is 0 Å². The lowest BCUT2D eigenvalue weighted by atomic mass is 10.0. The maximum absolute atomic E-state index is 12.1. The fourth-order valence-corrected chi connectivity index (χ4v) is 3.37. The molecule has 0 amide bonds. The van der Waals surface area contributed by atoms with Crippen LogP contribution in [0.4, 0.5) is 0 Å². The van der Waals surface area contributed by atoms with Gasteiger partial charge in [-0.25, -0.2) is 0 Å². The molecule has 3 heteroatoms. The number of carbonyl (C=O) groups excluding carboxylic acids is 1. The van der Waals surface area contributed by atoms with Crippen LogP contribution in [0.5, 0.6) is 0 Å². The minimum Gasteiger partial charge on any atom is -0.294 e. The molecular weight excluding hydrogens is 336 g/mol. The van der Waals surface area contributed by atoms with Gasteiger partial charge in [0.15, 0.2) is 5.78 Å². The van der Waals surface area contributed by atoms with Gasteiger partial charge in [0.2, 0.25) is 0 Å². The summed E-state index contributed by atoms with van der Waals surface area (Å²) in [5.41, 5.74) is 2.68. The molecule has 0 radical (unpaired) electrons. The SMILES string of the molecule is CCC(=O)c1ccccc1-c1ccc(C#Cc2ccc(Cl)cc2)s1. The first-order chi connectivity index (χ1) is 11.7. The fraction of sp³-hybridized carbons (Fsp3) is 0.0952. The zero-order chi connectivity index (χ0) is 16.9. The molecule has 0 aliphatic rings. The van der Waals surface area contributed by atoms with Crippen molar-refractivity contribution >= 4 is 28.7 Å². The first-order valence-electron chi connectivity index (χ1n) is 7.67. The number of carbonyl (C=O) groups is 1. The number of Topliss-reactive ketones (excluding diaryl/α,β-unsaturated/α-hetero) is 1. The predicted octanol–water partition coefficient (Wildman–Crippen LogP) is 6.06. The summed E-state index contributed by atoms with van der Waals surface area (Å²) in [4.78, 5) is 14.2. The van der Waals surface area contributed by atoms with Crippen molar-refractivity contribution < 1.29 is 4.79 Å². The molecule has 3 rings (SSSR count). The van der Waals surface area contributed by atoms with E-state index < -0.39 is 0 Å². The normalized spacial score (nSPS) is 10.1. The van der Waals surface area contributed by atoms with Crippen LogP contribution in [0.25, 0.3) is 10.4 Å². The van der Waals surface area contributed by atoms with Gasteiger partial charge in [-0.05, 0) is 36.4 Å². The van der Waals surface area contributed by atoms with E-state index in [0.717, 1.165) is 26.4 Å². The first kappa shape index (κ1) is 16.5. The molecule has 0 unspecified atom stereocenters. The fourth-order valence-electron chi connectivity index (χ4n) is 2.35. The van der Waals surface area contributed by atoms with Crippen LogP contribution in [0.15, 0.2) is 60.7 Å². The van der Waals surface area contributed by atoms with E-state index in [0.29, 0.717) is 11.4 Å². The number of hydrogen-bond donors (Lipinski definition) is 0. The minimum absolute atomic E-state index is 0.160. The zero-order valence-corrected chi connectivity index (χ0v) is 14.7. The number of halogens is 1. The molecule has 0 aliphatic heterocycles. The van der Waals surface area contributed by atoms with Crippen LogP contribution in [0.3, 0.4) is 0 Å². The van der Waals surface area contributed by atoms with E-state index in [9.17, 15) is 4.79 Å². The third-order valence-corrected chi connectivity index (χ3v) is 4.88. The predicted molar refractivity (Wildman–Crippen MR) is 102 cm³/mol. The van der Waals surface area contributed by atoms with Crippen molar-refractivity contribution in [2.45, 2.75) is 13.3 Å². The molecule has 1 heterocycles. The van der Waals surface area contributed by atoms with Gasteiger partial charge in [-0.3, -0.25) is 4.79 Å². The number of benzene rings is 2. The molecular formula is C21H15ClOS. The van der Waals surface area contributed by atoms with Crippen LogP contribution in [0.1, 0.15) is 34.1 Å². The van der Waals surface area contributed by atoms with Crippen molar-refractivity contribution in [1.29, 1.82) is 0 Å². The summed E-state index contributed by atoms with van der Waals surface area (Å²) in [7, 11) is 0. The van der Waals surface area contributed by atoms with Gasteiger partial charge in [0.1, 0.15) is 0 Å². The van der Waals surface area contributed by atoms with Crippen molar-refractivity contribution in [1.82, 2.24) is 0 Å². The van der Waals surface area contributed by atoms with E-state index in [-0.39, 0.29) is 5.78 Å². The third kappa shape index (κ3) is 3.76. The highest BCUT2D eigenvalue weighted by Gasteiger charge is 2.11. The van der Waals surface area contributed by atoms with Crippen molar-refractivity contribution in [3.8, 4) is 22.3 Å². The van der Waals surface area contributed by atoms with Gasteiger partial charge in [0.05, 0.1) is 4.88 Å². The zero-order valence-electron chi connectivity index (χ0n) is 13.2. The Labute approximate surface area is 150 Å². The van der Waals surface area contributed by atoms with Crippen LogP contribution < -0.4 is 0 Å². The molecule has 3 aromatic rings. The number of hydrogen-bond acceptors (Lipinski definition) is 2. The molecule has 2 aromatic carbocycles. The Morgan fingerprint density at radius 3 is 2.50 bits per heavy atom. The first-order valence-corrected chi connectivity index (χ1v) is 8.87. The maximum Gasteiger partial charge on any atom is 0.163 e. The van der Waals surface area contributed by atoms with Gasteiger partial charge in [-0.15, -0.1) is 11.3 Å². The van der Waals surface area contributed by atoms with E-state index in [1.54, 1.807) is 11.3 Å². The molecule has 0 atom stereocenters. The molecule has 0 aliphatic carbocycles. The summed E-state index contributed by atoms with van der Waals surface area (Å²) in [6.45, 7) is 1.89. The van der Waals surface area contributed by atoms with Crippen LogP contribution in [0.2, 0.25) is 5.02 Å². The maximum atomic E-state index is 12.1. The highest BCUT2D eigenvalue weighted by Crippen LogP contribution is 2.31. The summed E-state index contributed by atoms with van der Waals surface area (Å²) in [5, 5.41) is 0.705. The number of ketones is 1. The third-order valence-electron chi connectivity index (χ3n) is 3.59. The Kier molecular flexibility index (Phi) is 5.15. The molecule has 1 nitrogen and oxygen atoms in total. The van der Waals surface area contributed by atoms with Gasteiger partial charge >= 0.3 is 0 Å². The van der Waals surface area contributed by atoms with Crippen molar-refractivity contribution in [3.63, 3.8) is 0 Å². The van der Waals surface area contributed by atoms with Crippen molar-refractivity contribution in [3.05, 3.63) is 81.7 Å². The standard InChI is InChI=1S/C21H15ClOS/c1-2-20(23)18-5-3-4-6-19(18)21-14-13-17(24-21)12-9-15-7-10-16(22)11-8-15/h3-8,10-11,13-14H,2H2,1H3. The molecule has 24 heavy (non-hydrogen) atoms. The average Bonchev–Trinajstić information content (AvgIpc) is 3.09. The lowest BCUT2D eigenvalue weighted by Crippen LogP contribution is -1.98. The number of thiophene rings is 1. The number of rotatable bonds is 3. The van der Waals surface area contributed by atoms with Gasteiger partial charge in [0.25, 0.3) is 0 Å². The highest BCUT2D eigenvalue weighted by molar-refractivity contribution is 7.16. The van der Waals surface area contributed by atoms with E-state index >= 15 is 0 Å². The quantitative estimate of drug-likeness (QED) is 0.414. The molecule has 1 aromatic heterocycles. The molecule has 0 bridgehead atoms. The molecule has 0 saturated carbocycles. The Morgan fingerprint density at radius 1 is 1.00 bits per heavy atom. The Morgan fingerprint density at radius 2 is 1.75 bits per heavy atom. The van der Waals surface area contributed by atoms with Gasteiger partial charge in [0, 0.05) is 33.0 Å².